The lowest BCUT2D eigenvalue weighted by Crippen LogP contribution is -1.67. The maximum Gasteiger partial charge on any atom is 0.0897 e. The first-order valence-corrected chi connectivity index (χ1v) is 3.29. The lowest BCUT2D eigenvalue weighted by Gasteiger charge is -1.79. The molecule has 0 radical (unpaired) electrons. The molecule has 0 nitrogen and oxygen atoms in total. The van der Waals surface area contributed by atoms with Gasteiger partial charge in [-0.15, -0.1) is 0 Å². The maximum absolute atomic E-state index is 3.64. The van der Waals surface area contributed by atoms with Crippen LogP contribution in [-0.4, -0.2) is 8.41 Å². The van der Waals surface area contributed by atoms with E-state index >= 15 is 0 Å². The fourth-order valence-corrected chi connectivity index (χ4v) is 0. The van der Waals surface area contributed by atoms with Crippen LogP contribution in [0.3, 0.4) is 0 Å². The summed E-state index contributed by atoms with van der Waals surface area (Å²) in [6.07, 6.45) is 0. The molecule has 0 N–H and O–H groups in total. The van der Waals surface area contributed by atoms with Gasteiger partial charge in [-0.1, -0.05) is 29.2 Å². The minimum absolute atomic E-state index is 0. The Morgan fingerprint density at radius 2 is 0.889 bits per heavy atom. The van der Waals surface area contributed by atoms with Crippen molar-refractivity contribution in [2.75, 3.05) is 0 Å². The Hall–Kier alpha value is -0.0651. The summed E-state index contributed by atoms with van der Waals surface area (Å²) in [4.78, 5) is 0. The molecule has 0 aliphatic rings. The van der Waals surface area contributed by atoms with Crippen molar-refractivity contribution in [2.45, 2.75) is 34.6 Å². The van der Waals surface area contributed by atoms with Gasteiger partial charge in [0, 0.05) is 0 Å². The molecule has 0 unspecified atom stereocenters. The van der Waals surface area contributed by atoms with Gasteiger partial charge in [0.05, 0.1) is 12.8 Å². The summed E-state index contributed by atoms with van der Waals surface area (Å²) < 4.78 is 0. The fourth-order valence-electron chi connectivity index (χ4n) is 0. The normalized spacial score (nSPS) is 7.89. The summed E-state index contributed by atoms with van der Waals surface area (Å²) in [6.45, 7) is 14.2. The molecule has 0 bridgehead atoms. The van der Waals surface area contributed by atoms with Crippen LogP contribution in [0.15, 0.2) is 0 Å². The third kappa shape index (κ3) is 66000. The molecule has 0 saturated carbocycles. The van der Waals surface area contributed by atoms with Crippen molar-refractivity contribution in [3.05, 3.63) is 6.92 Å². The molecule has 1 heteroatoms. The van der Waals surface area contributed by atoms with Crippen molar-refractivity contribution in [3.8, 4) is 0 Å². The number of hydrogen-bond acceptors (Lipinski definition) is 0. The molecule has 0 spiro atoms. The third-order valence-electron chi connectivity index (χ3n) is 0. The predicted octanol–water partition coefficient (Wildman–Crippen LogP) is 1.69. The van der Waals surface area contributed by atoms with E-state index in [0.29, 0.717) is 5.92 Å². The average molecular weight is 130 g/mol. The van der Waals surface area contributed by atoms with E-state index in [1.807, 2.05) is 0 Å². The van der Waals surface area contributed by atoms with Gasteiger partial charge in [0.2, 0.25) is 0 Å². The monoisotopic (exact) mass is 130 g/mol. The zero-order chi connectivity index (χ0) is 7.15. The molecule has 0 saturated heterocycles. The fraction of sp³-hybridized carbons (Fsp3) is 0.875. The Labute approximate surface area is 62.6 Å². The minimum Gasteiger partial charge on any atom is -0.0630 e. The van der Waals surface area contributed by atoms with Gasteiger partial charge in [-0.3, -0.25) is 0 Å². The molecule has 0 heterocycles. The SMILES string of the molecule is CC(C)C.[BH4-].[CH2+]C(C)C. The Morgan fingerprint density at radius 1 is 0.889 bits per heavy atom. The van der Waals surface area contributed by atoms with Crippen molar-refractivity contribution in [3.63, 3.8) is 0 Å². The second-order valence-electron chi connectivity index (χ2n) is 3.13. The van der Waals surface area contributed by atoms with Crippen molar-refractivity contribution >= 4 is 8.41 Å². The zero-order valence-corrected chi connectivity index (χ0v) is 6.86. The molecule has 0 aromatic carbocycles. The summed E-state index contributed by atoms with van der Waals surface area (Å²) in [5.74, 6) is 1.42. The highest BCUT2D eigenvalue weighted by Crippen LogP contribution is 1.81. The molecule has 0 atom stereocenters. The Kier molecular flexibility index (Phi) is 19.2. The van der Waals surface area contributed by atoms with Gasteiger partial charge in [0.1, 0.15) is 0 Å². The molecule has 0 amide bonds. The predicted molar refractivity (Wildman–Crippen MR) is 52.0 cm³/mol. The smallest absolute Gasteiger partial charge is 0.0630 e. The van der Waals surface area contributed by atoms with E-state index in [0.717, 1.165) is 5.92 Å². The maximum atomic E-state index is 3.64. The number of hydrogen-bond donors (Lipinski definition) is 0. The van der Waals surface area contributed by atoms with Gasteiger partial charge in [0.15, 0.2) is 0 Å². The van der Waals surface area contributed by atoms with Crippen molar-refractivity contribution in [1.29, 1.82) is 0 Å². The molecule has 0 fully saturated rings. The highest BCUT2D eigenvalue weighted by Gasteiger charge is 1.78. The van der Waals surface area contributed by atoms with Gasteiger partial charge in [0.25, 0.3) is 0 Å². The van der Waals surface area contributed by atoms with E-state index < -0.39 is 0 Å². The zero-order valence-electron chi connectivity index (χ0n) is 6.86. The van der Waals surface area contributed by atoms with Gasteiger partial charge >= 0.3 is 0 Å². The summed E-state index contributed by atoms with van der Waals surface area (Å²) >= 11 is 0. The second-order valence-corrected chi connectivity index (χ2v) is 3.13. The van der Waals surface area contributed by atoms with Crippen LogP contribution in [0.4, 0.5) is 0 Å². The molecular weight excluding hydrogens is 107 g/mol. The first-order chi connectivity index (χ1) is 3.46. The van der Waals surface area contributed by atoms with Crippen molar-refractivity contribution in [2.24, 2.45) is 11.8 Å². The van der Waals surface area contributed by atoms with Gasteiger partial charge < -0.3 is 0 Å². The van der Waals surface area contributed by atoms with Crippen LogP contribution in [0.5, 0.6) is 0 Å². The van der Waals surface area contributed by atoms with E-state index in [-0.39, 0.29) is 8.41 Å². The van der Waals surface area contributed by atoms with Crippen LogP contribution in [0, 0.1) is 18.8 Å². The molecule has 0 aliphatic heterocycles. The van der Waals surface area contributed by atoms with Gasteiger partial charge in [-0.05, 0) is 19.8 Å². The Morgan fingerprint density at radius 3 is 0.889 bits per heavy atom. The first-order valence-electron chi connectivity index (χ1n) is 3.29. The van der Waals surface area contributed by atoms with E-state index in [2.05, 4.69) is 41.5 Å². The lowest BCUT2D eigenvalue weighted by molar-refractivity contribution is 0.737. The van der Waals surface area contributed by atoms with E-state index in [1.165, 1.54) is 0 Å². The van der Waals surface area contributed by atoms with Gasteiger partial charge in [-0.25, -0.2) is 0 Å². The Bertz CT molecular complexity index is 20.0. The number of rotatable bonds is 0. The summed E-state index contributed by atoms with van der Waals surface area (Å²) in [5.41, 5.74) is 0. The van der Waals surface area contributed by atoms with Crippen LogP contribution in [0.2, 0.25) is 0 Å². The van der Waals surface area contributed by atoms with E-state index in [4.69, 9.17) is 0 Å². The quantitative estimate of drug-likeness (QED) is 0.345. The van der Waals surface area contributed by atoms with E-state index in [1.54, 1.807) is 0 Å². The molecular formula is C8H23B. The molecule has 9 heavy (non-hydrogen) atoms. The lowest BCUT2D eigenvalue weighted by atomic mass is 10.3. The minimum atomic E-state index is 0. The highest BCUT2D eigenvalue weighted by atomic mass is 13.7. The van der Waals surface area contributed by atoms with Crippen molar-refractivity contribution in [1.82, 2.24) is 0 Å². The third-order valence-corrected chi connectivity index (χ3v) is 0. The van der Waals surface area contributed by atoms with Crippen LogP contribution in [-0.2, 0) is 0 Å². The molecule has 0 aromatic rings. The second kappa shape index (κ2) is 10.8. The summed E-state index contributed by atoms with van der Waals surface area (Å²) in [6, 6.07) is 0. The Balaban J connectivity index is -0.0000000720. The molecule has 58 valence electrons. The average Bonchev–Trinajstić information content (AvgIpc) is 1.25. The topological polar surface area (TPSA) is 0 Å². The van der Waals surface area contributed by atoms with Crippen molar-refractivity contribution < 1.29 is 0 Å². The summed E-state index contributed by atoms with van der Waals surface area (Å²) in [5, 5.41) is 0. The van der Waals surface area contributed by atoms with Crippen LogP contribution in [0.1, 0.15) is 34.6 Å². The molecule has 0 aliphatic carbocycles. The largest absolute Gasteiger partial charge is 0.0897 e. The summed E-state index contributed by atoms with van der Waals surface area (Å²) in [7, 11) is 0. The molecule has 0 rings (SSSR count). The molecule has 0 aromatic heterocycles. The highest BCUT2D eigenvalue weighted by molar-refractivity contribution is 5.75. The van der Waals surface area contributed by atoms with Crippen LogP contribution < -0.4 is 0 Å². The van der Waals surface area contributed by atoms with Gasteiger partial charge in [-0.2, -0.15) is 0 Å². The first kappa shape index (κ1) is 16.0. The standard InChI is InChI=1S/C4H10.C4H9.BH4/c2*1-4(2)3;/h4H,1-3H3;4H,1H2,2-3H3;1H4/q;+1;-1. The van der Waals surface area contributed by atoms with E-state index in [9.17, 15) is 0 Å². The van der Waals surface area contributed by atoms with Crippen LogP contribution >= 0.6 is 0 Å². The van der Waals surface area contributed by atoms with Crippen LogP contribution in [0.25, 0.3) is 0 Å².